The number of rotatable bonds is 8. The SMILES string of the molecule is CCOc1ccccc1NC(=O)CS[C@@H](C)C(=O)Nc1ccc(C)cc1C. The number of nitrogens with one attached hydrogen (secondary N) is 2. The number of ether oxygens (including phenoxy) is 1. The number of amides is 2. The molecule has 5 nitrogen and oxygen atoms in total. The van der Waals surface area contributed by atoms with E-state index in [-0.39, 0.29) is 22.8 Å². The van der Waals surface area contributed by atoms with Gasteiger partial charge in [0.25, 0.3) is 0 Å². The van der Waals surface area contributed by atoms with E-state index < -0.39 is 0 Å². The second-order valence-corrected chi connectivity index (χ2v) is 7.57. The fraction of sp³-hybridized carbons (Fsp3) is 0.333. The minimum absolute atomic E-state index is 0.116. The summed E-state index contributed by atoms with van der Waals surface area (Å²) < 4.78 is 5.50. The van der Waals surface area contributed by atoms with Crippen molar-refractivity contribution in [1.29, 1.82) is 0 Å². The van der Waals surface area contributed by atoms with E-state index in [1.165, 1.54) is 11.8 Å². The van der Waals surface area contributed by atoms with Crippen LogP contribution in [0, 0.1) is 13.8 Å². The highest BCUT2D eigenvalue weighted by molar-refractivity contribution is 8.01. The van der Waals surface area contributed by atoms with E-state index in [0.717, 1.165) is 16.8 Å². The number of thioether (sulfide) groups is 1. The highest BCUT2D eigenvalue weighted by atomic mass is 32.2. The maximum Gasteiger partial charge on any atom is 0.237 e. The molecule has 0 aromatic heterocycles. The van der Waals surface area contributed by atoms with Crippen molar-refractivity contribution in [3.63, 3.8) is 0 Å². The first-order chi connectivity index (χ1) is 12.9. The summed E-state index contributed by atoms with van der Waals surface area (Å²) in [4.78, 5) is 24.6. The van der Waals surface area contributed by atoms with Gasteiger partial charge in [-0.3, -0.25) is 9.59 Å². The summed E-state index contributed by atoms with van der Waals surface area (Å²) in [5.41, 5.74) is 3.60. The van der Waals surface area contributed by atoms with Crippen LogP contribution in [0.5, 0.6) is 5.75 Å². The number of para-hydroxylation sites is 2. The number of hydrogen-bond donors (Lipinski definition) is 2. The van der Waals surface area contributed by atoms with Crippen LogP contribution >= 0.6 is 11.8 Å². The van der Waals surface area contributed by atoms with Crippen LogP contribution in [0.25, 0.3) is 0 Å². The smallest absolute Gasteiger partial charge is 0.237 e. The lowest BCUT2D eigenvalue weighted by atomic mass is 10.1. The molecule has 2 amide bonds. The Morgan fingerprint density at radius 1 is 1.07 bits per heavy atom. The maximum absolute atomic E-state index is 12.4. The van der Waals surface area contributed by atoms with E-state index >= 15 is 0 Å². The summed E-state index contributed by atoms with van der Waals surface area (Å²) >= 11 is 1.29. The van der Waals surface area contributed by atoms with Crippen molar-refractivity contribution in [1.82, 2.24) is 0 Å². The zero-order valence-electron chi connectivity index (χ0n) is 16.2. The van der Waals surface area contributed by atoms with Gasteiger partial charge in [-0.2, -0.15) is 0 Å². The molecule has 0 heterocycles. The molecule has 0 unspecified atom stereocenters. The summed E-state index contributed by atoms with van der Waals surface area (Å²) in [5.74, 6) is 0.536. The highest BCUT2D eigenvalue weighted by Gasteiger charge is 2.17. The predicted octanol–water partition coefficient (Wildman–Crippen LogP) is 4.40. The van der Waals surface area contributed by atoms with Crippen molar-refractivity contribution < 1.29 is 14.3 Å². The van der Waals surface area contributed by atoms with Gasteiger partial charge in [0.2, 0.25) is 11.8 Å². The van der Waals surface area contributed by atoms with Gasteiger partial charge in [0.1, 0.15) is 5.75 Å². The molecule has 0 bridgehead atoms. The molecule has 144 valence electrons. The van der Waals surface area contributed by atoms with Crippen LogP contribution in [0.3, 0.4) is 0 Å². The van der Waals surface area contributed by atoms with Gasteiger partial charge in [0.15, 0.2) is 0 Å². The molecule has 2 aromatic carbocycles. The molecule has 0 saturated heterocycles. The predicted molar refractivity (Wildman–Crippen MR) is 113 cm³/mol. The van der Waals surface area contributed by atoms with E-state index in [2.05, 4.69) is 10.6 Å². The topological polar surface area (TPSA) is 67.4 Å². The van der Waals surface area contributed by atoms with Crippen molar-refractivity contribution in [2.75, 3.05) is 23.0 Å². The third-order valence-corrected chi connectivity index (χ3v) is 5.08. The Morgan fingerprint density at radius 3 is 2.52 bits per heavy atom. The number of hydrogen-bond acceptors (Lipinski definition) is 4. The lowest BCUT2D eigenvalue weighted by molar-refractivity contribution is -0.115. The lowest BCUT2D eigenvalue weighted by Crippen LogP contribution is -2.25. The molecule has 0 spiro atoms. The number of aryl methyl sites for hydroxylation is 2. The second-order valence-electron chi connectivity index (χ2n) is 6.24. The molecule has 0 aliphatic heterocycles. The van der Waals surface area contributed by atoms with Gasteiger partial charge in [-0.25, -0.2) is 0 Å². The number of anilines is 2. The Kier molecular flexibility index (Phi) is 7.73. The summed E-state index contributed by atoms with van der Waals surface area (Å²) in [7, 11) is 0. The van der Waals surface area contributed by atoms with Crippen molar-refractivity contribution in [3.05, 3.63) is 53.6 Å². The standard InChI is InChI=1S/C21H26N2O3S/c1-5-26-19-9-7-6-8-18(19)22-20(24)13-27-16(4)21(25)23-17-11-10-14(2)12-15(17)3/h6-12,16H,5,13H2,1-4H3,(H,22,24)(H,23,25)/t16-/m0/s1. The largest absolute Gasteiger partial charge is 0.492 e. The zero-order chi connectivity index (χ0) is 19.8. The quantitative estimate of drug-likeness (QED) is 0.706. The third kappa shape index (κ3) is 6.32. The summed E-state index contributed by atoms with van der Waals surface area (Å²) in [6.45, 7) is 8.19. The minimum Gasteiger partial charge on any atom is -0.492 e. The van der Waals surface area contributed by atoms with Crippen LogP contribution in [0.1, 0.15) is 25.0 Å². The molecule has 27 heavy (non-hydrogen) atoms. The normalized spacial score (nSPS) is 11.6. The highest BCUT2D eigenvalue weighted by Crippen LogP contribution is 2.24. The molecule has 2 rings (SSSR count). The molecular formula is C21H26N2O3S. The Morgan fingerprint density at radius 2 is 1.81 bits per heavy atom. The molecular weight excluding hydrogens is 360 g/mol. The van der Waals surface area contributed by atoms with Gasteiger partial charge in [0, 0.05) is 5.69 Å². The van der Waals surface area contributed by atoms with E-state index in [1.807, 2.05) is 57.2 Å². The average Bonchev–Trinajstić information content (AvgIpc) is 2.63. The maximum atomic E-state index is 12.4. The molecule has 0 saturated carbocycles. The van der Waals surface area contributed by atoms with Crippen LogP contribution < -0.4 is 15.4 Å². The van der Waals surface area contributed by atoms with Crippen LogP contribution in [0.2, 0.25) is 0 Å². The minimum atomic E-state index is -0.349. The summed E-state index contributed by atoms with van der Waals surface area (Å²) in [6, 6.07) is 13.2. The molecule has 0 fully saturated rings. The zero-order valence-corrected chi connectivity index (χ0v) is 17.0. The average molecular weight is 387 g/mol. The molecule has 1 atom stereocenters. The van der Waals surface area contributed by atoms with Crippen molar-refractivity contribution in [3.8, 4) is 5.75 Å². The number of carbonyl (C=O) groups is 2. The van der Waals surface area contributed by atoms with Crippen LogP contribution in [0.15, 0.2) is 42.5 Å². The van der Waals surface area contributed by atoms with Crippen molar-refractivity contribution in [2.45, 2.75) is 32.9 Å². The lowest BCUT2D eigenvalue weighted by Gasteiger charge is -2.14. The fourth-order valence-corrected chi connectivity index (χ4v) is 3.19. The van der Waals surface area contributed by atoms with Crippen molar-refractivity contribution >= 4 is 35.0 Å². The number of benzene rings is 2. The first-order valence-corrected chi connectivity index (χ1v) is 9.97. The van der Waals surface area contributed by atoms with E-state index in [9.17, 15) is 9.59 Å². The van der Waals surface area contributed by atoms with Crippen LogP contribution in [0.4, 0.5) is 11.4 Å². The Labute approximate surface area is 164 Å². The molecule has 0 aliphatic rings. The summed E-state index contributed by atoms with van der Waals surface area (Å²) in [5, 5.41) is 5.41. The van der Waals surface area contributed by atoms with E-state index in [0.29, 0.717) is 18.0 Å². The summed E-state index contributed by atoms with van der Waals surface area (Å²) in [6.07, 6.45) is 0. The van der Waals surface area contributed by atoms with E-state index in [4.69, 9.17) is 4.74 Å². The van der Waals surface area contributed by atoms with Crippen molar-refractivity contribution in [2.24, 2.45) is 0 Å². The van der Waals surface area contributed by atoms with E-state index in [1.54, 1.807) is 13.0 Å². The van der Waals surface area contributed by atoms with Gasteiger partial charge < -0.3 is 15.4 Å². The second kappa shape index (κ2) is 10.0. The fourth-order valence-electron chi connectivity index (χ4n) is 2.50. The first-order valence-electron chi connectivity index (χ1n) is 8.92. The van der Waals surface area contributed by atoms with Gasteiger partial charge >= 0.3 is 0 Å². The van der Waals surface area contributed by atoms with Crippen LogP contribution in [-0.4, -0.2) is 29.4 Å². The Hall–Kier alpha value is -2.47. The number of carbonyl (C=O) groups excluding carboxylic acids is 2. The monoisotopic (exact) mass is 386 g/mol. The first kappa shape index (κ1) is 20.8. The molecule has 0 radical (unpaired) electrons. The molecule has 0 aliphatic carbocycles. The molecule has 2 aromatic rings. The van der Waals surface area contributed by atoms with Gasteiger partial charge in [0.05, 0.1) is 23.3 Å². The molecule has 6 heteroatoms. The Balaban J connectivity index is 1.86. The third-order valence-electron chi connectivity index (χ3n) is 3.93. The Bertz CT molecular complexity index is 808. The van der Waals surface area contributed by atoms with Gasteiger partial charge in [-0.1, -0.05) is 29.8 Å². The van der Waals surface area contributed by atoms with Crippen LogP contribution in [-0.2, 0) is 9.59 Å². The van der Waals surface area contributed by atoms with Gasteiger partial charge in [-0.05, 0) is 51.5 Å². The van der Waals surface area contributed by atoms with Gasteiger partial charge in [-0.15, -0.1) is 11.8 Å². The molecule has 2 N–H and O–H groups in total.